The van der Waals surface area contributed by atoms with Crippen molar-refractivity contribution >= 4 is 34.9 Å². The molecule has 1 aromatic heterocycles. The molecule has 0 saturated carbocycles. The summed E-state index contributed by atoms with van der Waals surface area (Å²) < 4.78 is 0. The van der Waals surface area contributed by atoms with Gasteiger partial charge in [0.2, 0.25) is 0 Å². The number of nitrogens with zero attached hydrogens (tertiary/aromatic N) is 2. The molecule has 1 unspecified atom stereocenters. The van der Waals surface area contributed by atoms with Gasteiger partial charge in [-0.25, -0.2) is 9.97 Å². The van der Waals surface area contributed by atoms with Crippen LogP contribution in [0, 0.1) is 0 Å². The molecule has 0 fully saturated rings. The summed E-state index contributed by atoms with van der Waals surface area (Å²) in [6, 6.07) is 6.31. The van der Waals surface area contributed by atoms with E-state index in [1.54, 1.807) is 0 Å². The van der Waals surface area contributed by atoms with E-state index in [9.17, 15) is 0 Å². The van der Waals surface area contributed by atoms with Crippen molar-refractivity contribution in [3.63, 3.8) is 0 Å². The van der Waals surface area contributed by atoms with Crippen molar-refractivity contribution in [3.05, 3.63) is 40.5 Å². The number of rotatable bonds is 5. The summed E-state index contributed by atoms with van der Waals surface area (Å²) in [5.41, 5.74) is 3.32. The highest BCUT2D eigenvalue weighted by Gasteiger charge is 2.21. The molecule has 0 radical (unpaired) electrons. The molecule has 0 bridgehead atoms. The number of nitrogens with one attached hydrogen (secondary N) is 3. The van der Waals surface area contributed by atoms with E-state index in [2.05, 4.69) is 32.0 Å². The van der Waals surface area contributed by atoms with E-state index in [4.69, 9.17) is 11.6 Å². The second kappa shape index (κ2) is 7.38. The molecule has 7 heteroatoms. The normalized spacial score (nSPS) is 16.6. The molecule has 1 aromatic carbocycles. The third kappa shape index (κ3) is 3.54. The second-order valence-electron chi connectivity index (χ2n) is 5.33. The summed E-state index contributed by atoms with van der Waals surface area (Å²) in [5, 5.41) is 11.7. The SMILES string of the molecule is CNc1nc(SC)ncc1CNC1CCNc2c(Cl)cccc21. The van der Waals surface area contributed by atoms with Crippen molar-refractivity contribution < 1.29 is 0 Å². The number of hydrogen-bond acceptors (Lipinski definition) is 6. The molecule has 5 nitrogen and oxygen atoms in total. The van der Waals surface area contributed by atoms with Gasteiger partial charge in [0.15, 0.2) is 5.16 Å². The number of halogens is 1. The Morgan fingerprint density at radius 1 is 1.43 bits per heavy atom. The maximum Gasteiger partial charge on any atom is 0.189 e. The molecule has 1 aliphatic heterocycles. The smallest absolute Gasteiger partial charge is 0.189 e. The minimum Gasteiger partial charge on any atom is -0.383 e. The predicted molar refractivity (Wildman–Crippen MR) is 97.5 cm³/mol. The molecule has 23 heavy (non-hydrogen) atoms. The van der Waals surface area contributed by atoms with Crippen molar-refractivity contribution in [3.8, 4) is 0 Å². The van der Waals surface area contributed by atoms with Crippen LogP contribution < -0.4 is 16.0 Å². The minimum atomic E-state index is 0.273. The van der Waals surface area contributed by atoms with Gasteiger partial charge in [-0.1, -0.05) is 35.5 Å². The zero-order valence-electron chi connectivity index (χ0n) is 13.2. The topological polar surface area (TPSA) is 61.9 Å². The lowest BCUT2D eigenvalue weighted by Gasteiger charge is -2.28. The molecule has 0 aliphatic carbocycles. The Hall–Kier alpha value is -1.50. The molecule has 0 saturated heterocycles. The first-order valence-corrected chi connectivity index (χ1v) is 9.16. The zero-order valence-corrected chi connectivity index (χ0v) is 14.8. The van der Waals surface area contributed by atoms with Crippen LogP contribution in [-0.2, 0) is 6.54 Å². The van der Waals surface area contributed by atoms with E-state index in [1.165, 1.54) is 17.3 Å². The lowest BCUT2D eigenvalue weighted by Crippen LogP contribution is -2.28. The van der Waals surface area contributed by atoms with E-state index in [0.717, 1.165) is 40.2 Å². The predicted octanol–water partition coefficient (Wildman–Crippen LogP) is 3.54. The average molecular weight is 350 g/mol. The monoisotopic (exact) mass is 349 g/mol. The van der Waals surface area contributed by atoms with E-state index >= 15 is 0 Å². The fourth-order valence-electron chi connectivity index (χ4n) is 2.79. The van der Waals surface area contributed by atoms with E-state index in [-0.39, 0.29) is 6.04 Å². The summed E-state index contributed by atoms with van der Waals surface area (Å²) in [5.74, 6) is 0.872. The lowest BCUT2D eigenvalue weighted by molar-refractivity contribution is 0.499. The summed E-state index contributed by atoms with van der Waals surface area (Å²) in [6.45, 7) is 1.62. The number of para-hydroxylation sites is 1. The Labute approximate surface area is 145 Å². The first-order chi connectivity index (χ1) is 11.2. The maximum absolute atomic E-state index is 6.28. The van der Waals surface area contributed by atoms with Crippen LogP contribution >= 0.6 is 23.4 Å². The molecular formula is C16H20ClN5S. The first kappa shape index (κ1) is 16.4. The van der Waals surface area contributed by atoms with Gasteiger partial charge in [-0.2, -0.15) is 0 Å². The van der Waals surface area contributed by atoms with E-state index in [0.29, 0.717) is 6.54 Å². The summed E-state index contributed by atoms with van der Waals surface area (Å²) in [6.07, 6.45) is 4.88. The maximum atomic E-state index is 6.28. The van der Waals surface area contributed by atoms with Crippen molar-refractivity contribution in [2.24, 2.45) is 0 Å². The highest BCUT2D eigenvalue weighted by atomic mass is 35.5. The molecule has 3 N–H and O–H groups in total. The van der Waals surface area contributed by atoms with Gasteiger partial charge in [0, 0.05) is 37.9 Å². The average Bonchev–Trinajstić information content (AvgIpc) is 2.60. The molecule has 122 valence electrons. The Kier molecular flexibility index (Phi) is 5.25. The number of anilines is 2. The van der Waals surface area contributed by atoms with Crippen molar-refractivity contribution in [2.75, 3.05) is 30.5 Å². The lowest BCUT2D eigenvalue weighted by atomic mass is 9.97. The molecule has 0 spiro atoms. The van der Waals surface area contributed by atoms with Crippen LogP contribution in [0.1, 0.15) is 23.6 Å². The molecule has 1 atom stereocenters. The molecule has 2 aromatic rings. The van der Waals surface area contributed by atoms with E-state index < -0.39 is 0 Å². The van der Waals surface area contributed by atoms with Gasteiger partial charge in [-0.3, -0.25) is 0 Å². The molecular weight excluding hydrogens is 330 g/mol. The van der Waals surface area contributed by atoms with Crippen LogP contribution in [0.2, 0.25) is 5.02 Å². The Balaban J connectivity index is 1.76. The fourth-order valence-corrected chi connectivity index (χ4v) is 3.38. The van der Waals surface area contributed by atoms with Gasteiger partial charge < -0.3 is 16.0 Å². The molecule has 3 rings (SSSR count). The summed E-state index contributed by atoms with van der Waals surface area (Å²) in [4.78, 5) is 8.87. The standard InChI is InChI=1S/C16H20ClN5S/c1-18-15-10(9-21-16(22-15)23-2)8-20-13-6-7-19-14-11(13)4-3-5-12(14)17/h3-5,9,13,19-20H,6-8H2,1-2H3,(H,18,21,22). The van der Waals surface area contributed by atoms with Crippen LogP contribution in [0.4, 0.5) is 11.5 Å². The first-order valence-electron chi connectivity index (χ1n) is 7.56. The highest BCUT2D eigenvalue weighted by molar-refractivity contribution is 7.98. The summed E-state index contributed by atoms with van der Waals surface area (Å²) in [7, 11) is 1.88. The zero-order chi connectivity index (χ0) is 16.2. The van der Waals surface area contributed by atoms with Crippen molar-refractivity contribution in [1.82, 2.24) is 15.3 Å². The number of thioether (sulfide) groups is 1. The van der Waals surface area contributed by atoms with Crippen LogP contribution in [0.15, 0.2) is 29.6 Å². The van der Waals surface area contributed by atoms with Crippen molar-refractivity contribution in [2.45, 2.75) is 24.2 Å². The Morgan fingerprint density at radius 3 is 3.09 bits per heavy atom. The number of aromatic nitrogens is 2. The van der Waals surface area contributed by atoms with E-state index in [1.807, 2.05) is 31.6 Å². The van der Waals surface area contributed by atoms with Gasteiger partial charge in [0.1, 0.15) is 5.82 Å². The number of hydrogen-bond donors (Lipinski definition) is 3. The van der Waals surface area contributed by atoms with Crippen LogP contribution in [0.3, 0.4) is 0 Å². The Morgan fingerprint density at radius 2 is 2.30 bits per heavy atom. The van der Waals surface area contributed by atoms with Crippen molar-refractivity contribution in [1.29, 1.82) is 0 Å². The van der Waals surface area contributed by atoms with Crippen LogP contribution in [-0.4, -0.2) is 29.8 Å². The van der Waals surface area contributed by atoms with Gasteiger partial charge in [0.25, 0.3) is 0 Å². The van der Waals surface area contributed by atoms with Gasteiger partial charge in [-0.15, -0.1) is 0 Å². The highest BCUT2D eigenvalue weighted by Crippen LogP contribution is 2.35. The third-order valence-corrected chi connectivity index (χ3v) is 4.83. The Bertz CT molecular complexity index is 694. The van der Waals surface area contributed by atoms with Gasteiger partial charge in [0.05, 0.1) is 10.7 Å². The molecule has 2 heterocycles. The fraction of sp³-hybridized carbons (Fsp3) is 0.375. The molecule has 1 aliphatic rings. The number of benzene rings is 1. The van der Waals surface area contributed by atoms with Gasteiger partial charge in [-0.05, 0) is 24.3 Å². The van der Waals surface area contributed by atoms with Gasteiger partial charge >= 0.3 is 0 Å². The molecule has 0 amide bonds. The summed E-state index contributed by atoms with van der Waals surface area (Å²) >= 11 is 7.82. The third-order valence-electron chi connectivity index (χ3n) is 3.96. The van der Waals surface area contributed by atoms with Crippen LogP contribution in [0.5, 0.6) is 0 Å². The largest absolute Gasteiger partial charge is 0.383 e. The second-order valence-corrected chi connectivity index (χ2v) is 6.51. The number of fused-ring (bicyclic) bond motifs is 1. The minimum absolute atomic E-state index is 0.273. The quantitative estimate of drug-likeness (QED) is 0.567. The van der Waals surface area contributed by atoms with Crippen LogP contribution in [0.25, 0.3) is 0 Å².